The molecule has 0 nitrogen and oxygen atoms in total. The van der Waals surface area contributed by atoms with E-state index in [2.05, 4.69) is 62.8 Å². The first-order chi connectivity index (χ1) is 7.61. The molecule has 0 amide bonds. The second-order valence-electron chi connectivity index (χ2n) is 4.25. The van der Waals surface area contributed by atoms with Gasteiger partial charge in [0.2, 0.25) is 0 Å². The van der Waals surface area contributed by atoms with Crippen molar-refractivity contribution < 1.29 is 21.1 Å². The monoisotopic (exact) mass is 394 g/mol. The Labute approximate surface area is 119 Å². The molecule has 2 aliphatic rings. The van der Waals surface area contributed by atoms with Gasteiger partial charge in [0.1, 0.15) is 0 Å². The number of rotatable bonds is 2. The van der Waals surface area contributed by atoms with Gasteiger partial charge in [0, 0.05) is 23.3 Å². The molecule has 17 heavy (non-hydrogen) atoms. The van der Waals surface area contributed by atoms with E-state index in [0.29, 0.717) is 11.8 Å². The molecule has 0 radical (unpaired) electrons. The predicted octanol–water partition coefficient (Wildman–Crippen LogP) is 2.94. The van der Waals surface area contributed by atoms with Crippen molar-refractivity contribution in [2.45, 2.75) is 27.7 Å². The molecule has 0 N–H and O–H groups in total. The summed E-state index contributed by atoms with van der Waals surface area (Å²) in [6.45, 7) is 8.48. The zero-order chi connectivity index (χ0) is 12.0. The Morgan fingerprint density at radius 3 is 1.24 bits per heavy atom. The minimum absolute atomic E-state index is 0. The van der Waals surface area contributed by atoms with Gasteiger partial charge in [-0.1, -0.05) is 62.8 Å². The van der Waals surface area contributed by atoms with E-state index in [-0.39, 0.29) is 21.1 Å². The van der Waals surface area contributed by atoms with Gasteiger partial charge in [-0.25, -0.2) is 0 Å². The molecule has 0 bridgehead atoms. The van der Waals surface area contributed by atoms with E-state index in [9.17, 15) is 0 Å². The van der Waals surface area contributed by atoms with Gasteiger partial charge in [-0.05, 0) is 11.8 Å². The summed E-state index contributed by atoms with van der Waals surface area (Å²) < 4.78 is 0. The zero-order valence-corrected chi connectivity index (χ0v) is 14.4. The van der Waals surface area contributed by atoms with Gasteiger partial charge in [0.05, 0.1) is 0 Å². The van der Waals surface area contributed by atoms with E-state index in [1.807, 2.05) is 0 Å². The first-order valence-electron chi connectivity index (χ1n) is 5.54. The average Bonchev–Trinajstić information content (AvgIpc) is 2.93. The van der Waals surface area contributed by atoms with Crippen LogP contribution in [0.25, 0.3) is 0 Å². The SMILES string of the molecule is CC(C)C1=C=CC#C1.CC(C)C1=C=CC#C1.[WH2+2]. The molecule has 86 valence electrons. The van der Waals surface area contributed by atoms with Crippen molar-refractivity contribution in [3.05, 3.63) is 34.8 Å². The third-order valence-electron chi connectivity index (χ3n) is 2.17. The van der Waals surface area contributed by atoms with Gasteiger partial charge in [0.25, 0.3) is 0 Å². The van der Waals surface area contributed by atoms with Crippen LogP contribution in [-0.2, 0) is 21.1 Å². The van der Waals surface area contributed by atoms with Crippen molar-refractivity contribution in [3.63, 3.8) is 0 Å². The second kappa shape index (κ2) is 8.02. The van der Waals surface area contributed by atoms with Crippen LogP contribution in [0.4, 0.5) is 0 Å². The molecule has 0 aromatic carbocycles. The van der Waals surface area contributed by atoms with Crippen molar-refractivity contribution in [2.75, 3.05) is 0 Å². The van der Waals surface area contributed by atoms with Crippen LogP contribution in [0.1, 0.15) is 27.7 Å². The second-order valence-corrected chi connectivity index (χ2v) is 4.25. The average molecular weight is 394 g/mol. The molecule has 0 atom stereocenters. The van der Waals surface area contributed by atoms with Gasteiger partial charge in [0.15, 0.2) is 0 Å². The number of allylic oxidation sites excluding steroid dienone is 2. The molecule has 0 aromatic rings. The zero-order valence-electron chi connectivity index (χ0n) is 10.8. The molecule has 0 saturated carbocycles. The Morgan fingerprint density at radius 2 is 1.12 bits per heavy atom. The summed E-state index contributed by atoms with van der Waals surface area (Å²) >= 11 is 0. The standard InChI is InChI=1S/2C8H8.W.2H/c2*1-7(2)8-5-3-4-6-8;;;/h2*3,7H,1-2H3;;;/q;;+2;;. The Morgan fingerprint density at radius 1 is 0.765 bits per heavy atom. The van der Waals surface area contributed by atoms with Crippen molar-refractivity contribution in [2.24, 2.45) is 11.8 Å². The molecule has 0 fully saturated rings. The Balaban J connectivity index is 0.000000284. The summed E-state index contributed by atoms with van der Waals surface area (Å²) in [5.74, 6) is 12.7. The van der Waals surface area contributed by atoms with Crippen molar-refractivity contribution >= 4 is 0 Å². The van der Waals surface area contributed by atoms with Crippen LogP contribution in [0, 0.1) is 35.5 Å². The fourth-order valence-corrected chi connectivity index (χ4v) is 1.15. The molecule has 1 heteroatoms. The first-order valence-corrected chi connectivity index (χ1v) is 5.54. The molecule has 0 heterocycles. The quantitative estimate of drug-likeness (QED) is 0.499. The molecular weight excluding hydrogens is 376 g/mol. The molecular formula is C16H18W+2. The van der Waals surface area contributed by atoms with Crippen molar-refractivity contribution in [1.82, 2.24) is 0 Å². The van der Waals surface area contributed by atoms with Crippen LogP contribution < -0.4 is 0 Å². The molecule has 0 aromatic heterocycles. The summed E-state index contributed by atoms with van der Waals surface area (Å²) in [4.78, 5) is 0. The fourth-order valence-electron chi connectivity index (χ4n) is 1.15. The molecule has 0 unspecified atom stereocenters. The molecule has 0 saturated heterocycles. The van der Waals surface area contributed by atoms with Crippen LogP contribution in [0.15, 0.2) is 34.8 Å². The van der Waals surface area contributed by atoms with E-state index in [0.717, 1.165) is 11.1 Å². The fraction of sp³-hybridized carbons (Fsp3) is 0.375. The maximum atomic E-state index is 3.03. The molecule has 0 aliphatic heterocycles. The van der Waals surface area contributed by atoms with Gasteiger partial charge < -0.3 is 0 Å². The van der Waals surface area contributed by atoms with Crippen LogP contribution in [0.3, 0.4) is 0 Å². The molecule has 2 rings (SSSR count). The number of hydrogen-bond acceptors (Lipinski definition) is 0. The van der Waals surface area contributed by atoms with Crippen LogP contribution in [0.5, 0.6) is 0 Å². The van der Waals surface area contributed by atoms with E-state index in [4.69, 9.17) is 0 Å². The first kappa shape index (κ1) is 15.8. The van der Waals surface area contributed by atoms with E-state index in [1.165, 1.54) is 0 Å². The number of hydrogen-bond donors (Lipinski definition) is 0. The Bertz CT molecular complexity index is 459. The van der Waals surface area contributed by atoms with E-state index in [1.54, 1.807) is 12.2 Å². The normalized spacial score (nSPS) is 12.8. The Kier molecular flexibility index (Phi) is 7.47. The topological polar surface area (TPSA) is 0 Å². The van der Waals surface area contributed by atoms with Crippen LogP contribution >= 0.6 is 0 Å². The summed E-state index contributed by atoms with van der Waals surface area (Å²) in [7, 11) is 0. The minimum atomic E-state index is 0. The molecule has 0 spiro atoms. The van der Waals surface area contributed by atoms with Gasteiger partial charge in [-0.2, -0.15) is 0 Å². The predicted molar refractivity (Wildman–Crippen MR) is 71.2 cm³/mol. The third-order valence-corrected chi connectivity index (χ3v) is 2.17. The van der Waals surface area contributed by atoms with Gasteiger partial charge >= 0.3 is 21.1 Å². The summed E-state index contributed by atoms with van der Waals surface area (Å²) in [5, 5.41) is 0. The van der Waals surface area contributed by atoms with Crippen molar-refractivity contribution in [3.8, 4) is 23.7 Å². The third kappa shape index (κ3) is 5.64. The molecule has 2 aliphatic carbocycles. The van der Waals surface area contributed by atoms with Crippen molar-refractivity contribution in [1.29, 1.82) is 0 Å². The Hall–Kier alpha value is -1.15. The van der Waals surface area contributed by atoms with Gasteiger partial charge in [-0.3, -0.25) is 0 Å². The van der Waals surface area contributed by atoms with Crippen LogP contribution in [-0.4, -0.2) is 0 Å². The summed E-state index contributed by atoms with van der Waals surface area (Å²) in [5.41, 5.74) is 8.31. The summed E-state index contributed by atoms with van der Waals surface area (Å²) in [6, 6.07) is 0. The van der Waals surface area contributed by atoms with E-state index >= 15 is 0 Å². The summed E-state index contributed by atoms with van der Waals surface area (Å²) in [6.07, 6.45) is 3.55. The van der Waals surface area contributed by atoms with E-state index < -0.39 is 0 Å². The van der Waals surface area contributed by atoms with Gasteiger partial charge in [-0.15, -0.1) is 0 Å². The van der Waals surface area contributed by atoms with Crippen LogP contribution in [0.2, 0.25) is 0 Å². The maximum absolute atomic E-state index is 3.03.